The van der Waals surface area contributed by atoms with E-state index in [1.54, 1.807) is 35.0 Å². The van der Waals surface area contributed by atoms with Crippen LogP contribution in [0, 0.1) is 13.8 Å². The normalized spacial score (nSPS) is 10.8. The largest absolute Gasteiger partial charge is 0.319 e. The van der Waals surface area contributed by atoms with Gasteiger partial charge in [0.25, 0.3) is 5.91 Å². The Balaban J connectivity index is 1.79. The van der Waals surface area contributed by atoms with Gasteiger partial charge in [-0.25, -0.2) is 9.67 Å². The van der Waals surface area contributed by atoms with Crippen LogP contribution in [0.5, 0.6) is 0 Å². The van der Waals surface area contributed by atoms with E-state index in [0.717, 1.165) is 22.4 Å². The first-order valence-corrected chi connectivity index (χ1v) is 10.0. The molecule has 0 saturated heterocycles. The summed E-state index contributed by atoms with van der Waals surface area (Å²) in [6.07, 6.45) is 0. The van der Waals surface area contributed by atoms with Gasteiger partial charge in [0, 0.05) is 21.3 Å². The van der Waals surface area contributed by atoms with E-state index in [0.29, 0.717) is 21.6 Å². The summed E-state index contributed by atoms with van der Waals surface area (Å²) in [6, 6.07) is 20.5. The minimum atomic E-state index is -0.421. The van der Waals surface area contributed by atoms with E-state index < -0.39 is 5.91 Å². The van der Waals surface area contributed by atoms with Crippen LogP contribution in [0.2, 0.25) is 10.0 Å². The molecule has 0 atom stereocenters. The zero-order valence-electron chi connectivity index (χ0n) is 16.4. The van der Waals surface area contributed by atoms with E-state index in [9.17, 15) is 4.79 Å². The molecule has 1 aromatic heterocycles. The zero-order chi connectivity index (χ0) is 21.3. The molecule has 0 spiro atoms. The number of benzene rings is 3. The van der Waals surface area contributed by atoms with E-state index in [1.165, 1.54) is 0 Å². The molecule has 1 N–H and O–H groups in total. The van der Waals surface area contributed by atoms with Crippen LogP contribution in [0.4, 0.5) is 5.69 Å². The Morgan fingerprint density at radius 1 is 0.967 bits per heavy atom. The summed E-state index contributed by atoms with van der Waals surface area (Å²) in [6.45, 7) is 3.84. The number of anilines is 1. The lowest BCUT2D eigenvalue weighted by atomic mass is 10.2. The Labute approximate surface area is 184 Å². The third-order valence-corrected chi connectivity index (χ3v) is 5.30. The average molecular weight is 437 g/mol. The molecule has 150 valence electrons. The van der Waals surface area contributed by atoms with Crippen LogP contribution in [0.15, 0.2) is 66.7 Å². The first-order chi connectivity index (χ1) is 14.4. The number of carbonyl (C=O) groups excluding carboxylic acids is 1. The maximum atomic E-state index is 12.9. The van der Waals surface area contributed by atoms with Gasteiger partial charge in [-0.15, -0.1) is 5.10 Å². The molecule has 5 nitrogen and oxygen atoms in total. The van der Waals surface area contributed by atoms with Crippen LogP contribution in [0.1, 0.15) is 21.7 Å². The number of nitrogens with zero attached hydrogens (tertiary/aromatic N) is 3. The van der Waals surface area contributed by atoms with Crippen molar-refractivity contribution >= 4 is 34.8 Å². The molecule has 0 unspecified atom stereocenters. The van der Waals surface area contributed by atoms with Gasteiger partial charge in [-0.2, -0.15) is 0 Å². The zero-order valence-corrected chi connectivity index (χ0v) is 17.9. The lowest BCUT2D eigenvalue weighted by Gasteiger charge is -2.07. The molecule has 7 heteroatoms. The molecule has 0 aliphatic carbocycles. The molecule has 0 aliphatic rings. The summed E-state index contributed by atoms with van der Waals surface area (Å²) in [7, 11) is 0. The van der Waals surface area contributed by atoms with E-state index in [2.05, 4.69) is 15.4 Å². The average Bonchev–Trinajstić information content (AvgIpc) is 3.17. The summed E-state index contributed by atoms with van der Waals surface area (Å²) in [5.74, 6) is 0.150. The Morgan fingerprint density at radius 3 is 2.50 bits per heavy atom. The van der Waals surface area contributed by atoms with Gasteiger partial charge in [0.15, 0.2) is 5.82 Å². The Bertz CT molecular complexity index is 1190. The number of aromatic nitrogens is 3. The van der Waals surface area contributed by atoms with E-state index >= 15 is 0 Å². The maximum absolute atomic E-state index is 12.9. The van der Waals surface area contributed by atoms with Crippen LogP contribution < -0.4 is 5.32 Å². The fourth-order valence-electron chi connectivity index (χ4n) is 3.08. The summed E-state index contributed by atoms with van der Waals surface area (Å²) in [5.41, 5.74) is 4.02. The van der Waals surface area contributed by atoms with Gasteiger partial charge in [0.1, 0.15) is 0 Å². The third kappa shape index (κ3) is 4.08. The van der Waals surface area contributed by atoms with Crippen LogP contribution >= 0.6 is 23.2 Å². The van der Waals surface area contributed by atoms with Gasteiger partial charge in [-0.3, -0.25) is 4.79 Å². The Morgan fingerprint density at radius 2 is 1.73 bits per heavy atom. The Hall–Kier alpha value is -3.15. The van der Waals surface area contributed by atoms with Crippen molar-refractivity contribution in [2.75, 3.05) is 5.32 Å². The summed E-state index contributed by atoms with van der Waals surface area (Å²) >= 11 is 12.3. The smallest absolute Gasteiger partial charge is 0.295 e. The van der Waals surface area contributed by atoms with Gasteiger partial charge in [0.05, 0.1) is 5.69 Å². The van der Waals surface area contributed by atoms with Crippen molar-refractivity contribution in [1.82, 2.24) is 14.8 Å². The molecule has 1 amide bonds. The van der Waals surface area contributed by atoms with E-state index in [4.69, 9.17) is 23.2 Å². The lowest BCUT2D eigenvalue weighted by Crippen LogP contribution is -2.15. The van der Waals surface area contributed by atoms with Crippen molar-refractivity contribution < 1.29 is 4.79 Å². The predicted molar refractivity (Wildman–Crippen MR) is 121 cm³/mol. The third-order valence-electron chi connectivity index (χ3n) is 4.66. The molecule has 3 aromatic carbocycles. The molecular formula is C23H18Cl2N4O. The number of aryl methyl sites for hydroxylation is 1. The van der Waals surface area contributed by atoms with Gasteiger partial charge < -0.3 is 5.32 Å². The fourth-order valence-corrected chi connectivity index (χ4v) is 3.45. The molecule has 0 radical (unpaired) electrons. The highest BCUT2D eigenvalue weighted by molar-refractivity contribution is 6.32. The number of hydrogen-bond acceptors (Lipinski definition) is 3. The first-order valence-electron chi connectivity index (χ1n) is 9.29. The topological polar surface area (TPSA) is 59.8 Å². The van der Waals surface area contributed by atoms with E-state index in [-0.39, 0.29) is 5.82 Å². The fraction of sp³-hybridized carbons (Fsp3) is 0.0870. The molecule has 4 aromatic rings. The maximum Gasteiger partial charge on any atom is 0.295 e. The molecule has 1 heterocycles. The first kappa shape index (κ1) is 20.1. The number of nitrogens with one attached hydrogen (secondary N) is 1. The summed E-state index contributed by atoms with van der Waals surface area (Å²) in [4.78, 5) is 17.4. The SMILES string of the molecule is Cc1cccc(-n2nc(C(=O)Nc3cccc(Cl)c3C)nc2-c2cccc(Cl)c2)c1. The standard InChI is InChI=1S/C23H18Cl2N4O/c1-14-6-3-9-18(12-14)29-22(16-7-4-8-17(24)13-16)27-21(28-29)23(30)26-20-11-5-10-19(25)15(20)2/h3-13H,1-2H3,(H,26,30). The van der Waals surface area contributed by atoms with E-state index in [1.807, 2.05) is 50.2 Å². The lowest BCUT2D eigenvalue weighted by molar-refractivity contribution is 0.101. The minimum absolute atomic E-state index is 0.0471. The second-order valence-corrected chi connectivity index (χ2v) is 7.73. The van der Waals surface area contributed by atoms with Crippen molar-refractivity contribution in [1.29, 1.82) is 0 Å². The summed E-state index contributed by atoms with van der Waals surface area (Å²) < 4.78 is 1.65. The summed E-state index contributed by atoms with van der Waals surface area (Å²) in [5, 5.41) is 8.49. The Kier molecular flexibility index (Phi) is 5.57. The predicted octanol–water partition coefficient (Wildman–Crippen LogP) is 6.11. The number of carbonyl (C=O) groups is 1. The van der Waals surface area contributed by atoms with Crippen molar-refractivity contribution in [3.05, 3.63) is 93.7 Å². The number of hydrogen-bond donors (Lipinski definition) is 1. The molecule has 4 rings (SSSR count). The van der Waals surface area contributed by atoms with Gasteiger partial charge >= 0.3 is 0 Å². The number of amides is 1. The highest BCUT2D eigenvalue weighted by Gasteiger charge is 2.20. The highest BCUT2D eigenvalue weighted by Crippen LogP contribution is 2.26. The van der Waals surface area contributed by atoms with Crippen LogP contribution in [-0.4, -0.2) is 20.7 Å². The second-order valence-electron chi connectivity index (χ2n) is 6.89. The van der Waals surface area contributed by atoms with Crippen molar-refractivity contribution in [3.8, 4) is 17.1 Å². The second kappa shape index (κ2) is 8.30. The van der Waals surface area contributed by atoms with Gasteiger partial charge in [-0.1, -0.05) is 53.5 Å². The monoisotopic (exact) mass is 436 g/mol. The van der Waals surface area contributed by atoms with Crippen LogP contribution in [0.25, 0.3) is 17.1 Å². The number of rotatable bonds is 4. The van der Waals surface area contributed by atoms with Crippen LogP contribution in [0.3, 0.4) is 0 Å². The van der Waals surface area contributed by atoms with Crippen molar-refractivity contribution in [3.63, 3.8) is 0 Å². The minimum Gasteiger partial charge on any atom is -0.319 e. The number of halogens is 2. The van der Waals surface area contributed by atoms with Crippen LogP contribution in [-0.2, 0) is 0 Å². The molecule has 30 heavy (non-hydrogen) atoms. The molecule has 0 bridgehead atoms. The molecule has 0 saturated carbocycles. The highest BCUT2D eigenvalue weighted by atomic mass is 35.5. The molecule has 0 aliphatic heterocycles. The van der Waals surface area contributed by atoms with Gasteiger partial charge in [0.2, 0.25) is 5.82 Å². The van der Waals surface area contributed by atoms with Gasteiger partial charge in [-0.05, 0) is 61.4 Å². The molecule has 0 fully saturated rings. The molecular weight excluding hydrogens is 419 g/mol. The van der Waals surface area contributed by atoms with Crippen molar-refractivity contribution in [2.45, 2.75) is 13.8 Å². The quantitative estimate of drug-likeness (QED) is 0.419. The van der Waals surface area contributed by atoms with Crippen molar-refractivity contribution in [2.24, 2.45) is 0 Å².